The molecule has 0 atom stereocenters. The predicted molar refractivity (Wildman–Crippen MR) is 58.5 cm³/mol. The van der Waals surface area contributed by atoms with Crippen LogP contribution in [0.25, 0.3) is 0 Å². The number of nitrogens with one attached hydrogen (secondary N) is 1. The van der Waals surface area contributed by atoms with E-state index in [1.54, 1.807) is 24.8 Å². The summed E-state index contributed by atoms with van der Waals surface area (Å²) >= 11 is 0. The van der Waals surface area contributed by atoms with Gasteiger partial charge >= 0.3 is 0 Å². The average Bonchev–Trinajstić information content (AvgIpc) is 2.78. The Morgan fingerprint density at radius 3 is 2.81 bits per heavy atom. The highest BCUT2D eigenvalue weighted by Gasteiger charge is 2.01. The Kier molecular flexibility index (Phi) is 3.61. The van der Waals surface area contributed by atoms with Gasteiger partial charge in [0.1, 0.15) is 5.76 Å². The zero-order chi connectivity index (χ0) is 11.2. The SMILES string of the molecule is CCc1cnc(CNCc2cnccn2)o1. The first-order valence-corrected chi connectivity index (χ1v) is 5.27. The van der Waals surface area contributed by atoms with Crippen molar-refractivity contribution in [1.29, 1.82) is 0 Å². The second-order valence-electron chi connectivity index (χ2n) is 3.37. The molecular formula is C11H14N4O. The molecule has 0 radical (unpaired) electrons. The number of nitrogens with zero attached hydrogens (tertiary/aromatic N) is 3. The first-order chi connectivity index (χ1) is 7.88. The van der Waals surface area contributed by atoms with Gasteiger partial charge < -0.3 is 9.73 Å². The van der Waals surface area contributed by atoms with Crippen molar-refractivity contribution in [2.24, 2.45) is 0 Å². The summed E-state index contributed by atoms with van der Waals surface area (Å²) in [5, 5.41) is 3.20. The van der Waals surface area contributed by atoms with Gasteiger partial charge in [-0.3, -0.25) is 9.97 Å². The van der Waals surface area contributed by atoms with Crippen molar-refractivity contribution in [3.8, 4) is 0 Å². The van der Waals surface area contributed by atoms with Crippen LogP contribution in [0, 0.1) is 0 Å². The molecule has 1 N–H and O–H groups in total. The molecule has 0 aliphatic rings. The van der Waals surface area contributed by atoms with Crippen LogP contribution < -0.4 is 5.32 Å². The zero-order valence-corrected chi connectivity index (χ0v) is 9.18. The second-order valence-corrected chi connectivity index (χ2v) is 3.37. The molecule has 0 spiro atoms. The Bertz CT molecular complexity index is 427. The molecule has 5 nitrogen and oxygen atoms in total. The average molecular weight is 218 g/mol. The van der Waals surface area contributed by atoms with Gasteiger partial charge in [0, 0.05) is 31.6 Å². The van der Waals surface area contributed by atoms with Crippen LogP contribution in [0.5, 0.6) is 0 Å². The Hall–Kier alpha value is -1.75. The van der Waals surface area contributed by atoms with E-state index >= 15 is 0 Å². The van der Waals surface area contributed by atoms with E-state index in [9.17, 15) is 0 Å². The monoisotopic (exact) mass is 218 g/mol. The maximum absolute atomic E-state index is 5.46. The van der Waals surface area contributed by atoms with E-state index in [1.165, 1.54) is 0 Å². The van der Waals surface area contributed by atoms with Crippen LogP contribution in [0.3, 0.4) is 0 Å². The fraction of sp³-hybridized carbons (Fsp3) is 0.364. The molecule has 0 bridgehead atoms. The van der Waals surface area contributed by atoms with E-state index < -0.39 is 0 Å². The van der Waals surface area contributed by atoms with Gasteiger partial charge in [0.2, 0.25) is 5.89 Å². The molecule has 0 saturated heterocycles. The molecule has 0 aliphatic carbocycles. The first-order valence-electron chi connectivity index (χ1n) is 5.27. The van der Waals surface area contributed by atoms with E-state index in [0.29, 0.717) is 19.0 Å². The lowest BCUT2D eigenvalue weighted by atomic mass is 10.4. The van der Waals surface area contributed by atoms with E-state index in [1.807, 2.05) is 6.92 Å². The predicted octanol–water partition coefficient (Wildman–Crippen LogP) is 1.32. The number of aryl methyl sites for hydroxylation is 1. The van der Waals surface area contributed by atoms with E-state index in [2.05, 4.69) is 20.3 Å². The van der Waals surface area contributed by atoms with E-state index in [0.717, 1.165) is 17.9 Å². The minimum atomic E-state index is 0.608. The molecule has 5 heteroatoms. The summed E-state index contributed by atoms with van der Waals surface area (Å²) in [5.41, 5.74) is 0.907. The molecule has 0 amide bonds. The summed E-state index contributed by atoms with van der Waals surface area (Å²) in [6.45, 7) is 3.31. The largest absolute Gasteiger partial charge is 0.444 e. The molecule has 0 fully saturated rings. The van der Waals surface area contributed by atoms with Crippen LogP contribution in [0.2, 0.25) is 0 Å². The third kappa shape index (κ3) is 2.87. The van der Waals surface area contributed by atoms with Crippen molar-refractivity contribution >= 4 is 0 Å². The summed E-state index contributed by atoms with van der Waals surface area (Å²) in [4.78, 5) is 12.3. The molecule has 2 rings (SSSR count). The highest BCUT2D eigenvalue weighted by Crippen LogP contribution is 2.03. The summed E-state index contributed by atoms with van der Waals surface area (Å²) in [5.74, 6) is 1.62. The molecule has 0 unspecified atom stereocenters. The van der Waals surface area contributed by atoms with Crippen LogP contribution in [0.4, 0.5) is 0 Å². The fourth-order valence-electron chi connectivity index (χ4n) is 1.31. The highest BCUT2D eigenvalue weighted by molar-refractivity contribution is 4.96. The van der Waals surface area contributed by atoms with Crippen molar-refractivity contribution < 1.29 is 4.42 Å². The molecule has 0 aliphatic heterocycles. The summed E-state index contributed by atoms with van der Waals surface area (Å²) in [6.07, 6.45) is 7.71. The Labute approximate surface area is 94.0 Å². The van der Waals surface area contributed by atoms with Crippen molar-refractivity contribution in [2.45, 2.75) is 26.4 Å². The molecule has 2 heterocycles. The maximum Gasteiger partial charge on any atom is 0.208 e. The molecule has 84 valence electrons. The highest BCUT2D eigenvalue weighted by atomic mass is 16.4. The zero-order valence-electron chi connectivity index (χ0n) is 9.18. The summed E-state index contributed by atoms with van der Waals surface area (Å²) < 4.78 is 5.46. The van der Waals surface area contributed by atoms with Gasteiger partial charge in [-0.2, -0.15) is 0 Å². The molecule has 0 saturated carbocycles. The standard InChI is InChI=1S/C11H14N4O/c1-2-10-7-15-11(16-10)8-13-6-9-5-12-3-4-14-9/h3-5,7,13H,2,6,8H2,1H3. The maximum atomic E-state index is 5.46. The molecular weight excluding hydrogens is 204 g/mol. The van der Waals surface area contributed by atoms with Crippen LogP contribution in [0.1, 0.15) is 24.3 Å². The third-order valence-electron chi connectivity index (χ3n) is 2.15. The van der Waals surface area contributed by atoms with E-state index in [4.69, 9.17) is 4.42 Å². The van der Waals surface area contributed by atoms with E-state index in [-0.39, 0.29) is 0 Å². The molecule has 2 aromatic rings. The lowest BCUT2D eigenvalue weighted by Gasteiger charge is -2.00. The smallest absolute Gasteiger partial charge is 0.208 e. The van der Waals surface area contributed by atoms with Crippen molar-refractivity contribution in [3.63, 3.8) is 0 Å². The minimum absolute atomic E-state index is 0.608. The van der Waals surface area contributed by atoms with Gasteiger partial charge in [-0.15, -0.1) is 0 Å². The molecule has 0 aromatic carbocycles. The number of aromatic nitrogens is 3. The normalized spacial score (nSPS) is 10.6. The summed E-state index contributed by atoms with van der Waals surface area (Å²) in [6, 6.07) is 0. The summed E-state index contributed by atoms with van der Waals surface area (Å²) in [7, 11) is 0. The number of hydrogen-bond donors (Lipinski definition) is 1. The van der Waals surface area contributed by atoms with Gasteiger partial charge in [0.05, 0.1) is 18.4 Å². The van der Waals surface area contributed by atoms with Gasteiger partial charge in [0.15, 0.2) is 0 Å². The molecule has 16 heavy (non-hydrogen) atoms. The van der Waals surface area contributed by atoms with Crippen LogP contribution in [-0.2, 0) is 19.5 Å². The number of hydrogen-bond acceptors (Lipinski definition) is 5. The fourth-order valence-corrected chi connectivity index (χ4v) is 1.31. The number of rotatable bonds is 5. The van der Waals surface area contributed by atoms with Crippen molar-refractivity contribution in [3.05, 3.63) is 42.1 Å². The lowest BCUT2D eigenvalue weighted by Crippen LogP contribution is -2.13. The van der Waals surface area contributed by atoms with Gasteiger partial charge in [0.25, 0.3) is 0 Å². The van der Waals surface area contributed by atoms with Gasteiger partial charge in [-0.05, 0) is 0 Å². The third-order valence-corrected chi connectivity index (χ3v) is 2.15. The quantitative estimate of drug-likeness (QED) is 0.819. The van der Waals surface area contributed by atoms with Crippen molar-refractivity contribution in [2.75, 3.05) is 0 Å². The van der Waals surface area contributed by atoms with Gasteiger partial charge in [-0.25, -0.2) is 4.98 Å². The Balaban J connectivity index is 1.80. The van der Waals surface area contributed by atoms with Crippen LogP contribution in [0.15, 0.2) is 29.2 Å². The lowest BCUT2D eigenvalue weighted by molar-refractivity contribution is 0.438. The topological polar surface area (TPSA) is 63.8 Å². The molecule has 2 aromatic heterocycles. The minimum Gasteiger partial charge on any atom is -0.444 e. The van der Waals surface area contributed by atoms with Crippen LogP contribution in [-0.4, -0.2) is 15.0 Å². The second kappa shape index (κ2) is 5.37. The Morgan fingerprint density at radius 1 is 1.19 bits per heavy atom. The number of oxazole rings is 1. The van der Waals surface area contributed by atoms with Crippen molar-refractivity contribution in [1.82, 2.24) is 20.3 Å². The Morgan fingerprint density at radius 2 is 2.12 bits per heavy atom. The van der Waals surface area contributed by atoms with Gasteiger partial charge in [-0.1, -0.05) is 6.92 Å². The first kappa shape index (κ1) is 10.8. The van der Waals surface area contributed by atoms with Crippen LogP contribution >= 0.6 is 0 Å².